The molecule has 0 spiro atoms. The molecule has 0 saturated heterocycles. The molecule has 0 aliphatic carbocycles. The van der Waals surface area contributed by atoms with Gasteiger partial charge >= 0.3 is 0 Å². The van der Waals surface area contributed by atoms with E-state index in [1.54, 1.807) is 24.5 Å². The number of phenolic OH excluding ortho intramolecular Hbond substituents is 1. The molecule has 3 N–H and O–H groups in total. The Kier molecular flexibility index (Phi) is 3.96. The lowest BCUT2D eigenvalue weighted by Crippen LogP contribution is -2.23. The number of imidazole rings is 1. The molecular weight excluding hydrogens is 230 g/mol. The second-order valence-electron chi connectivity index (χ2n) is 3.94. The number of para-hydroxylation sites is 1. The van der Waals surface area contributed by atoms with Crippen molar-refractivity contribution in [2.75, 3.05) is 0 Å². The number of nitrogens with one attached hydrogen (secondary N) is 2. The quantitative estimate of drug-likeness (QED) is 0.744. The third kappa shape index (κ3) is 3.35. The number of rotatable bonds is 5. The predicted molar refractivity (Wildman–Crippen MR) is 66.9 cm³/mol. The number of amides is 1. The molecule has 1 heterocycles. The number of carbonyl (C=O) groups is 1. The zero-order chi connectivity index (χ0) is 12.8. The van der Waals surface area contributed by atoms with Crippen molar-refractivity contribution in [2.24, 2.45) is 0 Å². The van der Waals surface area contributed by atoms with Crippen molar-refractivity contribution in [2.45, 2.75) is 19.4 Å². The van der Waals surface area contributed by atoms with Crippen LogP contribution in [0.15, 0.2) is 36.7 Å². The van der Waals surface area contributed by atoms with Gasteiger partial charge in [0.15, 0.2) is 0 Å². The van der Waals surface area contributed by atoms with Crippen LogP contribution >= 0.6 is 0 Å². The van der Waals surface area contributed by atoms with Crippen molar-refractivity contribution in [3.8, 4) is 5.75 Å². The highest BCUT2D eigenvalue weighted by atomic mass is 16.3. The van der Waals surface area contributed by atoms with Crippen molar-refractivity contribution in [3.63, 3.8) is 0 Å². The summed E-state index contributed by atoms with van der Waals surface area (Å²) in [5.74, 6) is 0.900. The van der Waals surface area contributed by atoms with Crippen LogP contribution in [-0.2, 0) is 17.8 Å². The van der Waals surface area contributed by atoms with Gasteiger partial charge in [-0.25, -0.2) is 4.98 Å². The maximum atomic E-state index is 11.6. The SMILES string of the molecule is O=C(CCc1ccccc1O)NCc1ncc[nH]1. The lowest BCUT2D eigenvalue weighted by atomic mass is 10.1. The van der Waals surface area contributed by atoms with Crippen LogP contribution in [0.1, 0.15) is 17.8 Å². The molecular formula is C13H15N3O2. The first-order valence-electron chi connectivity index (χ1n) is 5.77. The topological polar surface area (TPSA) is 78.0 Å². The molecule has 5 heteroatoms. The maximum absolute atomic E-state index is 11.6. The molecule has 0 saturated carbocycles. The Hall–Kier alpha value is -2.30. The largest absolute Gasteiger partial charge is 0.508 e. The van der Waals surface area contributed by atoms with E-state index >= 15 is 0 Å². The number of aromatic hydroxyl groups is 1. The summed E-state index contributed by atoms with van der Waals surface area (Å²) in [4.78, 5) is 18.5. The molecule has 18 heavy (non-hydrogen) atoms. The van der Waals surface area contributed by atoms with Gasteiger partial charge in [0, 0.05) is 18.8 Å². The molecule has 0 unspecified atom stereocenters. The highest BCUT2D eigenvalue weighted by Crippen LogP contribution is 2.16. The summed E-state index contributed by atoms with van der Waals surface area (Å²) in [7, 11) is 0. The van der Waals surface area contributed by atoms with Crippen molar-refractivity contribution in [1.29, 1.82) is 0 Å². The summed E-state index contributed by atoms with van der Waals surface area (Å²) in [5, 5.41) is 12.3. The van der Waals surface area contributed by atoms with E-state index in [-0.39, 0.29) is 11.7 Å². The summed E-state index contributed by atoms with van der Waals surface area (Å²) in [6.07, 6.45) is 4.22. The van der Waals surface area contributed by atoms with Crippen molar-refractivity contribution < 1.29 is 9.90 Å². The van der Waals surface area contributed by atoms with Gasteiger partial charge < -0.3 is 15.4 Å². The second kappa shape index (κ2) is 5.86. The normalized spacial score (nSPS) is 10.2. The Morgan fingerprint density at radius 2 is 2.22 bits per heavy atom. The molecule has 0 aliphatic rings. The molecule has 1 aromatic carbocycles. The predicted octanol–water partition coefficient (Wildman–Crippen LogP) is 1.36. The number of aryl methyl sites for hydroxylation is 1. The molecule has 0 atom stereocenters. The number of carbonyl (C=O) groups excluding carboxylic acids is 1. The van der Waals surface area contributed by atoms with Gasteiger partial charge in [-0.05, 0) is 18.1 Å². The van der Waals surface area contributed by atoms with E-state index in [4.69, 9.17) is 0 Å². The van der Waals surface area contributed by atoms with Crippen molar-refractivity contribution >= 4 is 5.91 Å². The van der Waals surface area contributed by atoms with Gasteiger partial charge in [-0.15, -0.1) is 0 Å². The van der Waals surface area contributed by atoms with Gasteiger partial charge in [-0.2, -0.15) is 0 Å². The first-order valence-corrected chi connectivity index (χ1v) is 5.77. The van der Waals surface area contributed by atoms with Crippen LogP contribution in [0.2, 0.25) is 0 Å². The van der Waals surface area contributed by atoms with Crippen molar-refractivity contribution in [1.82, 2.24) is 15.3 Å². The van der Waals surface area contributed by atoms with E-state index < -0.39 is 0 Å². The average molecular weight is 245 g/mol. The van der Waals surface area contributed by atoms with Gasteiger partial charge in [0.2, 0.25) is 5.91 Å². The number of nitrogens with zero attached hydrogens (tertiary/aromatic N) is 1. The van der Waals surface area contributed by atoms with Gasteiger partial charge in [-0.1, -0.05) is 18.2 Å². The fraction of sp³-hybridized carbons (Fsp3) is 0.231. The van der Waals surface area contributed by atoms with E-state index in [0.717, 1.165) is 11.4 Å². The number of aromatic nitrogens is 2. The Labute approximate surface area is 105 Å². The standard InChI is InChI=1S/C13H15N3O2/c17-11-4-2-1-3-10(11)5-6-13(18)16-9-12-14-7-8-15-12/h1-4,7-8,17H,5-6,9H2,(H,14,15)(H,16,18). The Balaban J connectivity index is 1.77. The molecule has 0 fully saturated rings. The minimum Gasteiger partial charge on any atom is -0.508 e. The molecule has 0 radical (unpaired) electrons. The Morgan fingerprint density at radius 1 is 1.39 bits per heavy atom. The van der Waals surface area contributed by atoms with Crippen LogP contribution in [-0.4, -0.2) is 21.0 Å². The molecule has 2 rings (SSSR count). The van der Waals surface area contributed by atoms with Crippen LogP contribution in [0, 0.1) is 0 Å². The minimum atomic E-state index is -0.0605. The third-order valence-corrected chi connectivity index (χ3v) is 2.62. The van der Waals surface area contributed by atoms with E-state index in [1.165, 1.54) is 0 Å². The number of hydrogen-bond donors (Lipinski definition) is 3. The summed E-state index contributed by atoms with van der Waals surface area (Å²) in [6, 6.07) is 7.04. The monoisotopic (exact) mass is 245 g/mol. The van der Waals surface area contributed by atoms with Crippen LogP contribution in [0.3, 0.4) is 0 Å². The fourth-order valence-corrected chi connectivity index (χ4v) is 1.64. The molecule has 94 valence electrons. The minimum absolute atomic E-state index is 0.0605. The van der Waals surface area contributed by atoms with Gasteiger partial charge in [0.05, 0.1) is 6.54 Å². The first kappa shape index (κ1) is 12.2. The second-order valence-corrected chi connectivity index (χ2v) is 3.94. The van der Waals surface area contributed by atoms with Gasteiger partial charge in [0.1, 0.15) is 11.6 Å². The third-order valence-electron chi connectivity index (χ3n) is 2.62. The van der Waals surface area contributed by atoms with E-state index in [9.17, 15) is 9.90 Å². The Bertz CT molecular complexity index is 509. The van der Waals surface area contributed by atoms with E-state index in [1.807, 2.05) is 12.1 Å². The summed E-state index contributed by atoms with van der Waals surface area (Å²) in [5.41, 5.74) is 0.783. The van der Waals surface area contributed by atoms with Crippen LogP contribution in [0.4, 0.5) is 0 Å². The molecule has 5 nitrogen and oxygen atoms in total. The summed E-state index contributed by atoms with van der Waals surface area (Å²) < 4.78 is 0. The van der Waals surface area contributed by atoms with Crippen LogP contribution < -0.4 is 5.32 Å². The number of benzene rings is 1. The average Bonchev–Trinajstić information content (AvgIpc) is 2.88. The fourth-order valence-electron chi connectivity index (χ4n) is 1.64. The Morgan fingerprint density at radius 3 is 2.94 bits per heavy atom. The lowest BCUT2D eigenvalue weighted by molar-refractivity contribution is -0.121. The molecule has 2 aromatic rings. The number of H-pyrrole nitrogens is 1. The number of aromatic amines is 1. The van der Waals surface area contributed by atoms with Gasteiger partial charge in [-0.3, -0.25) is 4.79 Å². The van der Waals surface area contributed by atoms with Crippen molar-refractivity contribution in [3.05, 3.63) is 48.0 Å². The highest BCUT2D eigenvalue weighted by Gasteiger charge is 2.05. The van der Waals surface area contributed by atoms with Gasteiger partial charge in [0.25, 0.3) is 0 Å². The zero-order valence-corrected chi connectivity index (χ0v) is 9.89. The summed E-state index contributed by atoms with van der Waals surface area (Å²) >= 11 is 0. The molecule has 0 bridgehead atoms. The smallest absolute Gasteiger partial charge is 0.220 e. The van der Waals surface area contributed by atoms with Crippen LogP contribution in [0.25, 0.3) is 0 Å². The molecule has 1 aromatic heterocycles. The zero-order valence-electron chi connectivity index (χ0n) is 9.89. The molecule has 1 amide bonds. The first-order chi connectivity index (χ1) is 8.75. The number of hydrogen-bond acceptors (Lipinski definition) is 3. The van der Waals surface area contributed by atoms with E-state index in [0.29, 0.717) is 19.4 Å². The highest BCUT2D eigenvalue weighted by molar-refractivity contribution is 5.76. The summed E-state index contributed by atoms with van der Waals surface area (Å²) in [6.45, 7) is 0.395. The number of phenols is 1. The lowest BCUT2D eigenvalue weighted by Gasteiger charge is -2.05. The maximum Gasteiger partial charge on any atom is 0.220 e. The van der Waals surface area contributed by atoms with E-state index in [2.05, 4.69) is 15.3 Å². The van der Waals surface area contributed by atoms with Crippen LogP contribution in [0.5, 0.6) is 5.75 Å². The molecule has 0 aliphatic heterocycles.